The first-order valence-corrected chi connectivity index (χ1v) is 5.41. The minimum Gasteiger partial charge on any atom is -0.348 e. The summed E-state index contributed by atoms with van der Waals surface area (Å²) < 4.78 is 0. The number of piperidine rings is 1. The van der Waals surface area contributed by atoms with Gasteiger partial charge in [-0.15, -0.1) is 12.4 Å². The Kier molecular flexibility index (Phi) is 7.44. The second-order valence-electron chi connectivity index (χ2n) is 3.90. The molecule has 1 rings (SSSR count). The van der Waals surface area contributed by atoms with Gasteiger partial charge in [-0.2, -0.15) is 0 Å². The molecule has 0 aliphatic carbocycles. The SMILES string of the molecule is CC/C=C/C(=O)NC1CNCCC1C.Cl. The average molecular weight is 233 g/mol. The maximum Gasteiger partial charge on any atom is 0.243 e. The van der Waals surface area contributed by atoms with Gasteiger partial charge in [0.05, 0.1) is 0 Å². The van der Waals surface area contributed by atoms with Crippen LogP contribution in [0.5, 0.6) is 0 Å². The molecule has 2 unspecified atom stereocenters. The summed E-state index contributed by atoms with van der Waals surface area (Å²) >= 11 is 0. The topological polar surface area (TPSA) is 41.1 Å². The van der Waals surface area contributed by atoms with Crippen molar-refractivity contribution >= 4 is 18.3 Å². The smallest absolute Gasteiger partial charge is 0.243 e. The van der Waals surface area contributed by atoms with Gasteiger partial charge in [0.2, 0.25) is 5.91 Å². The average Bonchev–Trinajstić information content (AvgIpc) is 2.18. The highest BCUT2D eigenvalue weighted by atomic mass is 35.5. The zero-order chi connectivity index (χ0) is 10.4. The minimum absolute atomic E-state index is 0. The normalized spacial score (nSPS) is 26.0. The first-order chi connectivity index (χ1) is 6.74. The fourth-order valence-electron chi connectivity index (χ4n) is 1.64. The van der Waals surface area contributed by atoms with Gasteiger partial charge in [-0.05, 0) is 31.4 Å². The van der Waals surface area contributed by atoms with Gasteiger partial charge >= 0.3 is 0 Å². The second kappa shape index (κ2) is 7.71. The molecule has 0 aromatic carbocycles. The molecule has 0 bridgehead atoms. The van der Waals surface area contributed by atoms with Crippen molar-refractivity contribution in [2.45, 2.75) is 32.7 Å². The molecule has 1 fully saturated rings. The lowest BCUT2D eigenvalue weighted by atomic mass is 9.95. The monoisotopic (exact) mass is 232 g/mol. The van der Waals surface area contributed by atoms with Crippen LogP contribution in [-0.4, -0.2) is 25.0 Å². The van der Waals surface area contributed by atoms with Crippen molar-refractivity contribution in [1.29, 1.82) is 0 Å². The van der Waals surface area contributed by atoms with Crippen LogP contribution < -0.4 is 10.6 Å². The van der Waals surface area contributed by atoms with E-state index in [0.717, 1.165) is 25.9 Å². The van der Waals surface area contributed by atoms with E-state index in [-0.39, 0.29) is 24.4 Å². The van der Waals surface area contributed by atoms with Crippen molar-refractivity contribution < 1.29 is 4.79 Å². The van der Waals surface area contributed by atoms with E-state index in [1.807, 2.05) is 13.0 Å². The highest BCUT2D eigenvalue weighted by Gasteiger charge is 2.21. The van der Waals surface area contributed by atoms with Crippen molar-refractivity contribution in [3.8, 4) is 0 Å². The highest BCUT2D eigenvalue weighted by molar-refractivity contribution is 5.87. The molecule has 0 aromatic heterocycles. The van der Waals surface area contributed by atoms with Crippen LogP contribution in [-0.2, 0) is 4.79 Å². The largest absolute Gasteiger partial charge is 0.348 e. The maximum absolute atomic E-state index is 11.4. The quantitative estimate of drug-likeness (QED) is 0.724. The van der Waals surface area contributed by atoms with Crippen LogP contribution in [0.4, 0.5) is 0 Å². The predicted molar refractivity (Wildman–Crippen MR) is 65.3 cm³/mol. The Bertz CT molecular complexity index is 219. The lowest BCUT2D eigenvalue weighted by Gasteiger charge is -2.29. The molecule has 15 heavy (non-hydrogen) atoms. The summed E-state index contributed by atoms with van der Waals surface area (Å²) in [6, 6.07) is 0.290. The molecule has 88 valence electrons. The molecule has 1 heterocycles. The van der Waals surface area contributed by atoms with Crippen molar-refractivity contribution in [2.75, 3.05) is 13.1 Å². The van der Waals surface area contributed by atoms with Gasteiger partial charge in [0, 0.05) is 12.6 Å². The Morgan fingerprint density at radius 2 is 2.33 bits per heavy atom. The number of nitrogens with one attached hydrogen (secondary N) is 2. The second-order valence-corrected chi connectivity index (χ2v) is 3.90. The van der Waals surface area contributed by atoms with E-state index in [1.54, 1.807) is 6.08 Å². The van der Waals surface area contributed by atoms with Gasteiger partial charge in [0.25, 0.3) is 0 Å². The summed E-state index contributed by atoms with van der Waals surface area (Å²) in [7, 11) is 0. The summed E-state index contributed by atoms with van der Waals surface area (Å²) in [4.78, 5) is 11.4. The maximum atomic E-state index is 11.4. The van der Waals surface area contributed by atoms with Gasteiger partial charge in [0.15, 0.2) is 0 Å². The number of hydrogen-bond donors (Lipinski definition) is 2. The van der Waals surface area contributed by atoms with Crippen LogP contribution in [0.2, 0.25) is 0 Å². The number of amides is 1. The Labute approximate surface area is 98.1 Å². The highest BCUT2D eigenvalue weighted by Crippen LogP contribution is 2.10. The Morgan fingerprint density at radius 3 is 2.93 bits per heavy atom. The van der Waals surface area contributed by atoms with Gasteiger partial charge in [-0.1, -0.05) is 19.9 Å². The molecule has 0 saturated carbocycles. The third-order valence-corrected chi connectivity index (χ3v) is 2.66. The van der Waals surface area contributed by atoms with Crippen LogP contribution in [0.1, 0.15) is 26.7 Å². The minimum atomic E-state index is 0. The van der Waals surface area contributed by atoms with Crippen molar-refractivity contribution in [1.82, 2.24) is 10.6 Å². The predicted octanol–water partition coefficient (Wildman–Crippen LogP) is 1.49. The van der Waals surface area contributed by atoms with Gasteiger partial charge in [-0.3, -0.25) is 4.79 Å². The first-order valence-electron chi connectivity index (χ1n) is 5.41. The molecule has 0 aromatic rings. The van der Waals surface area contributed by atoms with E-state index in [2.05, 4.69) is 17.6 Å². The molecular weight excluding hydrogens is 212 g/mol. The zero-order valence-electron chi connectivity index (χ0n) is 9.45. The van der Waals surface area contributed by atoms with Crippen molar-refractivity contribution in [3.63, 3.8) is 0 Å². The van der Waals surface area contributed by atoms with E-state index < -0.39 is 0 Å². The van der Waals surface area contributed by atoms with Gasteiger partial charge in [0.1, 0.15) is 0 Å². The van der Waals surface area contributed by atoms with E-state index in [4.69, 9.17) is 0 Å². The molecule has 3 nitrogen and oxygen atoms in total. The summed E-state index contributed by atoms with van der Waals surface area (Å²) in [6.07, 6.45) is 5.56. The molecule has 1 amide bonds. The number of hydrogen-bond acceptors (Lipinski definition) is 2. The van der Waals surface area contributed by atoms with Crippen LogP contribution in [0, 0.1) is 5.92 Å². The standard InChI is InChI=1S/C11H20N2O.ClH/c1-3-4-5-11(14)13-10-8-12-7-6-9(10)2;/h4-5,9-10,12H,3,6-8H2,1-2H3,(H,13,14);1H/b5-4+;. The third kappa shape index (κ3) is 5.19. The number of halogens is 1. The summed E-state index contributed by atoms with van der Waals surface area (Å²) in [5, 5.41) is 6.30. The van der Waals surface area contributed by atoms with E-state index in [0.29, 0.717) is 5.92 Å². The Hall–Kier alpha value is -0.540. The van der Waals surface area contributed by atoms with E-state index in [9.17, 15) is 4.79 Å². The van der Waals surface area contributed by atoms with Crippen LogP contribution >= 0.6 is 12.4 Å². The lowest BCUT2D eigenvalue weighted by molar-refractivity contribution is -0.117. The molecule has 1 aliphatic rings. The summed E-state index contributed by atoms with van der Waals surface area (Å²) in [6.45, 7) is 6.18. The number of allylic oxidation sites excluding steroid dienone is 1. The molecular formula is C11H21ClN2O. The molecule has 2 atom stereocenters. The third-order valence-electron chi connectivity index (χ3n) is 2.66. The molecule has 2 N–H and O–H groups in total. The van der Waals surface area contributed by atoms with Crippen LogP contribution in [0.3, 0.4) is 0 Å². The lowest BCUT2D eigenvalue weighted by Crippen LogP contribution is -2.49. The number of carbonyl (C=O) groups is 1. The summed E-state index contributed by atoms with van der Waals surface area (Å²) in [5.74, 6) is 0.614. The Balaban J connectivity index is 0.00000196. The van der Waals surface area contributed by atoms with Gasteiger partial charge < -0.3 is 10.6 Å². The molecule has 4 heteroatoms. The van der Waals surface area contributed by atoms with Crippen LogP contribution in [0.25, 0.3) is 0 Å². The van der Waals surface area contributed by atoms with E-state index >= 15 is 0 Å². The fourth-order valence-corrected chi connectivity index (χ4v) is 1.64. The molecule has 0 radical (unpaired) electrons. The number of carbonyl (C=O) groups excluding carboxylic acids is 1. The van der Waals surface area contributed by atoms with E-state index in [1.165, 1.54) is 0 Å². The Morgan fingerprint density at radius 1 is 1.60 bits per heavy atom. The summed E-state index contributed by atoms with van der Waals surface area (Å²) in [5.41, 5.74) is 0. The molecule has 1 saturated heterocycles. The number of rotatable bonds is 3. The van der Waals surface area contributed by atoms with Crippen molar-refractivity contribution in [3.05, 3.63) is 12.2 Å². The van der Waals surface area contributed by atoms with Gasteiger partial charge in [-0.25, -0.2) is 0 Å². The molecule has 1 aliphatic heterocycles. The zero-order valence-corrected chi connectivity index (χ0v) is 10.3. The van der Waals surface area contributed by atoms with Crippen molar-refractivity contribution in [2.24, 2.45) is 5.92 Å². The van der Waals surface area contributed by atoms with Crippen LogP contribution in [0.15, 0.2) is 12.2 Å². The first kappa shape index (κ1) is 14.5. The fraction of sp³-hybridized carbons (Fsp3) is 0.727. The molecule has 0 spiro atoms.